The predicted octanol–water partition coefficient (Wildman–Crippen LogP) is 8.74. The Morgan fingerprint density at radius 1 is 0.958 bits per heavy atom. The quantitative estimate of drug-likeness (QED) is 0.0749. The van der Waals surface area contributed by atoms with Crippen LogP contribution in [-0.4, -0.2) is 112 Å². The number of benzene rings is 3. The van der Waals surface area contributed by atoms with Crippen molar-refractivity contribution >= 4 is 55.4 Å². The van der Waals surface area contributed by atoms with Crippen molar-refractivity contribution < 1.29 is 37.1 Å². The number of aromatic nitrogens is 2. The second-order valence-electron chi connectivity index (χ2n) is 20.8. The first-order valence-electron chi connectivity index (χ1n) is 25.5. The highest BCUT2D eigenvalue weighted by Crippen LogP contribution is 2.55. The van der Waals surface area contributed by atoms with Gasteiger partial charge in [-0.3, -0.25) is 19.8 Å². The van der Waals surface area contributed by atoms with Gasteiger partial charge in [0.2, 0.25) is 5.88 Å². The van der Waals surface area contributed by atoms with Crippen LogP contribution in [0.15, 0.2) is 83.9 Å². The molecule has 7 heterocycles. The van der Waals surface area contributed by atoms with Crippen molar-refractivity contribution in [2.45, 2.75) is 101 Å². The van der Waals surface area contributed by atoms with Crippen molar-refractivity contribution in [1.29, 1.82) is 0 Å². The number of H-pyrrole nitrogens is 1. The Labute approximate surface area is 414 Å². The summed E-state index contributed by atoms with van der Waals surface area (Å²) >= 11 is 0. The molecule has 5 aromatic rings. The molecule has 376 valence electrons. The molecule has 17 nitrogen and oxygen atoms in total. The number of hydrogen-bond donors (Lipinski definition) is 3. The first-order chi connectivity index (χ1) is 34.4. The summed E-state index contributed by atoms with van der Waals surface area (Å²) in [5.74, 6) is 0.794. The number of rotatable bonds is 13. The molecule has 18 heteroatoms. The second kappa shape index (κ2) is 19.6. The summed E-state index contributed by atoms with van der Waals surface area (Å²) in [5.41, 5.74) is 4.24. The molecule has 1 amide bonds. The average molecular weight is 989 g/mol. The third-order valence-electron chi connectivity index (χ3n) is 16.0. The smallest absolute Gasteiger partial charge is 0.293 e. The minimum absolute atomic E-state index is 0.00605. The fourth-order valence-electron chi connectivity index (χ4n) is 12.1. The van der Waals surface area contributed by atoms with Gasteiger partial charge in [-0.05, 0) is 138 Å². The van der Waals surface area contributed by atoms with Crippen molar-refractivity contribution in [2.75, 3.05) is 74.3 Å². The van der Waals surface area contributed by atoms with Crippen molar-refractivity contribution in [2.24, 2.45) is 17.3 Å². The molecule has 0 unspecified atom stereocenters. The normalized spacial score (nSPS) is 22.9. The second-order valence-corrected chi connectivity index (χ2v) is 22.5. The van der Waals surface area contributed by atoms with Crippen LogP contribution < -0.4 is 29.3 Å². The van der Waals surface area contributed by atoms with E-state index in [-0.39, 0.29) is 40.7 Å². The van der Waals surface area contributed by atoms with Gasteiger partial charge in [-0.1, -0.05) is 18.2 Å². The van der Waals surface area contributed by atoms with E-state index in [4.69, 9.17) is 23.9 Å². The number of piperidine rings is 1. The number of nitrogens with zero attached hydrogens (tertiary/aromatic N) is 5. The minimum atomic E-state index is -4.59. The third-order valence-corrected chi connectivity index (χ3v) is 17.3. The van der Waals surface area contributed by atoms with Crippen LogP contribution in [0.3, 0.4) is 0 Å². The third kappa shape index (κ3) is 9.63. The van der Waals surface area contributed by atoms with Crippen LogP contribution in [0.25, 0.3) is 11.0 Å². The number of hydrogen-bond acceptors (Lipinski definition) is 14. The Hall–Kier alpha value is -5.95. The molecule has 0 bridgehead atoms. The van der Waals surface area contributed by atoms with Crippen LogP contribution >= 0.6 is 0 Å². The van der Waals surface area contributed by atoms with Gasteiger partial charge >= 0.3 is 0 Å². The number of ether oxygens (including phenoxy) is 4. The van der Waals surface area contributed by atoms with Crippen molar-refractivity contribution in [3.63, 3.8) is 0 Å². The van der Waals surface area contributed by atoms with Gasteiger partial charge in [0.05, 0.1) is 33.8 Å². The lowest BCUT2D eigenvalue weighted by Crippen LogP contribution is -2.54. The Morgan fingerprint density at radius 3 is 2.56 bits per heavy atom. The zero-order valence-corrected chi connectivity index (χ0v) is 41.3. The Bertz CT molecular complexity index is 2890. The number of likely N-dealkylation sites (tertiary alicyclic amines) is 1. The van der Waals surface area contributed by atoms with Crippen LogP contribution in [0.1, 0.15) is 93.6 Å². The van der Waals surface area contributed by atoms with Gasteiger partial charge in [-0.2, -0.15) is 4.98 Å². The molecule has 4 saturated heterocycles. The first-order valence-corrected chi connectivity index (χ1v) is 27.0. The highest BCUT2D eigenvalue weighted by atomic mass is 32.2. The maximum atomic E-state index is 14.7. The molecule has 6 aliphatic rings. The number of pyridine rings is 1. The van der Waals surface area contributed by atoms with E-state index < -0.39 is 31.4 Å². The van der Waals surface area contributed by atoms with E-state index in [1.807, 2.05) is 30.5 Å². The number of carbonyl (C=O) groups excluding carboxylic acids is 1. The molecule has 5 fully saturated rings. The Morgan fingerprint density at radius 2 is 1.76 bits per heavy atom. The predicted molar refractivity (Wildman–Crippen MR) is 270 cm³/mol. The summed E-state index contributed by atoms with van der Waals surface area (Å²) in [5, 5.41) is 16.3. The van der Waals surface area contributed by atoms with Gasteiger partial charge in [-0.25, -0.2) is 13.1 Å². The summed E-state index contributed by atoms with van der Waals surface area (Å²) in [6, 6.07) is 22.7. The van der Waals surface area contributed by atoms with Crippen LogP contribution in [0.4, 0.5) is 28.4 Å². The molecule has 1 spiro atoms. The monoisotopic (exact) mass is 988 g/mol. The lowest BCUT2D eigenvalue weighted by atomic mass is 9.60. The standard InChI is InChI=1S/C53H64N8O9S/c1-34(2)69-48-8-4-3-6-41(48)44-7-5-20-59(44)39-29-53(30-39)17-21-58(22-18-53)38-9-11-42(45(27-38)60-32-37-16-25-68-33-49(37)70-52-47(60)26-36-13-19-54-50(36)56-52)51(62)57-71(65,66)40-10-12-43(46(28-40)61(63)64)55-31-35-14-23-67-24-15-35/h3-4,6,8-13,19,26-28,34-35,37,39,44,49,55H,5,7,14-18,20-25,29-33H2,1-2H3,(H,54,56)(H,57,62)/t37-,44-,49+/m0/s1. The number of anilines is 4. The summed E-state index contributed by atoms with van der Waals surface area (Å²) in [6.07, 6.45) is 10.7. The molecule has 71 heavy (non-hydrogen) atoms. The lowest BCUT2D eigenvalue weighted by molar-refractivity contribution is -0.384. The summed E-state index contributed by atoms with van der Waals surface area (Å²) in [7, 11) is -4.59. The Kier molecular flexibility index (Phi) is 13.1. The van der Waals surface area contributed by atoms with E-state index >= 15 is 0 Å². The molecule has 11 rings (SSSR count). The van der Waals surface area contributed by atoms with E-state index in [9.17, 15) is 23.3 Å². The van der Waals surface area contributed by atoms with Crippen molar-refractivity contribution in [1.82, 2.24) is 19.6 Å². The number of para-hydroxylation sites is 1. The van der Waals surface area contributed by atoms with Gasteiger partial charge in [-0.15, -0.1) is 0 Å². The lowest BCUT2D eigenvalue weighted by Gasteiger charge is -2.56. The number of sulfonamides is 1. The molecular weight excluding hydrogens is 925 g/mol. The molecule has 1 aliphatic carbocycles. The molecule has 5 aliphatic heterocycles. The SMILES string of the molecule is CC(C)Oc1ccccc1[C@@H]1CCCN1C1CC2(CCN(c3ccc(C(=O)NS(=O)(=O)c4ccc(NCC5CCOCC5)c([N+](=O)[O-])c4)c(N4C[C@@H]5CCOC[C@H]5Oc5nc6[nH]ccc6cc54)c3)CC2)C1. The number of nitro benzene ring substituents is 1. The Balaban J connectivity index is 0.868. The molecule has 1 saturated carbocycles. The average Bonchev–Trinajstić information content (AvgIpc) is 4.01. The number of nitrogens with one attached hydrogen (secondary N) is 3. The number of carbonyl (C=O) groups is 1. The molecule has 2 aromatic heterocycles. The van der Waals surface area contributed by atoms with Crippen molar-refractivity contribution in [3.8, 4) is 11.6 Å². The molecule has 0 radical (unpaired) electrons. The molecule has 3 N–H and O–H groups in total. The fraction of sp³-hybridized carbons (Fsp3) is 0.509. The van der Waals surface area contributed by atoms with Crippen molar-refractivity contribution in [3.05, 3.63) is 100 Å². The zero-order chi connectivity index (χ0) is 48.9. The maximum Gasteiger partial charge on any atom is 0.293 e. The van der Waals surface area contributed by atoms with E-state index in [0.29, 0.717) is 80.9 Å². The summed E-state index contributed by atoms with van der Waals surface area (Å²) < 4.78 is 54.8. The van der Waals surface area contributed by atoms with E-state index in [1.165, 1.54) is 37.0 Å². The van der Waals surface area contributed by atoms with Crippen LogP contribution in [-0.2, 0) is 19.5 Å². The van der Waals surface area contributed by atoms with Gasteiger partial charge < -0.3 is 39.0 Å². The zero-order valence-electron chi connectivity index (χ0n) is 40.5. The highest BCUT2D eigenvalue weighted by molar-refractivity contribution is 7.90. The van der Waals surface area contributed by atoms with Crippen LogP contribution in [0, 0.1) is 27.4 Å². The highest BCUT2D eigenvalue weighted by Gasteiger charge is 2.50. The molecular formula is C53H64N8O9S. The number of amides is 1. The van der Waals surface area contributed by atoms with Gasteiger partial charge in [0.15, 0.2) is 0 Å². The van der Waals surface area contributed by atoms with E-state index in [1.54, 1.807) is 6.07 Å². The summed E-state index contributed by atoms with van der Waals surface area (Å²) in [4.78, 5) is 41.3. The van der Waals surface area contributed by atoms with Gasteiger partial charge in [0.25, 0.3) is 21.6 Å². The van der Waals surface area contributed by atoms with Crippen LogP contribution in [0.2, 0.25) is 0 Å². The number of nitro groups is 1. The van der Waals surface area contributed by atoms with Gasteiger partial charge in [0.1, 0.15) is 28.9 Å². The number of fused-ring (bicyclic) bond motifs is 3. The topological polar surface area (TPSA) is 194 Å². The van der Waals surface area contributed by atoms with Gasteiger partial charge in [0, 0.05) is 92.9 Å². The molecule has 3 atom stereocenters. The molecule has 3 aromatic carbocycles. The summed E-state index contributed by atoms with van der Waals surface area (Å²) in [6.45, 7) is 10.1. The first kappa shape index (κ1) is 47.4. The number of aromatic amines is 1. The minimum Gasteiger partial charge on any atom is -0.491 e. The largest absolute Gasteiger partial charge is 0.491 e. The fourth-order valence-corrected chi connectivity index (χ4v) is 13.1. The van der Waals surface area contributed by atoms with Crippen LogP contribution in [0.5, 0.6) is 11.6 Å². The van der Waals surface area contributed by atoms with E-state index in [2.05, 4.69) is 67.8 Å². The maximum absolute atomic E-state index is 14.7. The van der Waals surface area contributed by atoms with E-state index in [0.717, 1.165) is 74.6 Å².